The third kappa shape index (κ3) is 7.45. The van der Waals surface area contributed by atoms with Gasteiger partial charge in [-0.2, -0.15) is 0 Å². The van der Waals surface area contributed by atoms with E-state index in [1.807, 2.05) is 36.4 Å². The number of carboxylic acid groups (broad SMARTS) is 1. The molecular formula is C28H35ClN6O3. The van der Waals surface area contributed by atoms with Crippen LogP contribution in [0, 0.1) is 0 Å². The molecule has 0 spiro atoms. The van der Waals surface area contributed by atoms with Crippen molar-refractivity contribution in [1.82, 2.24) is 4.90 Å². The number of hydrogen-bond donors (Lipinski definition) is 5. The zero-order valence-corrected chi connectivity index (χ0v) is 22.2. The second kappa shape index (κ2) is 13.3. The van der Waals surface area contributed by atoms with Crippen LogP contribution in [0.15, 0.2) is 66.7 Å². The Kier molecular flexibility index (Phi) is 10.1. The molecule has 38 heavy (non-hydrogen) atoms. The average molecular weight is 539 g/mol. The molecule has 4 rings (SSSR count). The summed E-state index contributed by atoms with van der Waals surface area (Å²) >= 11 is 0. The van der Waals surface area contributed by atoms with E-state index in [2.05, 4.69) is 27.5 Å². The molecule has 0 unspecified atom stereocenters. The smallest absolute Gasteiger partial charge is 0.335 e. The molecule has 1 fully saturated rings. The van der Waals surface area contributed by atoms with Gasteiger partial charge in [-0.25, -0.2) is 4.79 Å². The highest BCUT2D eigenvalue weighted by Crippen LogP contribution is 2.23. The lowest BCUT2D eigenvalue weighted by Crippen LogP contribution is -2.28. The topological polar surface area (TPSA) is 137 Å². The number of carbonyl (C=O) groups excluding carboxylic acids is 1. The van der Waals surface area contributed by atoms with Crippen LogP contribution >= 0.6 is 12.4 Å². The Bertz CT molecular complexity index is 1250. The molecule has 10 heteroatoms. The van der Waals surface area contributed by atoms with Crippen molar-refractivity contribution in [1.29, 1.82) is 0 Å². The van der Waals surface area contributed by atoms with E-state index in [1.54, 1.807) is 18.2 Å². The molecule has 1 saturated heterocycles. The summed E-state index contributed by atoms with van der Waals surface area (Å²) in [6, 6.07) is 19.7. The molecule has 3 aromatic carbocycles. The van der Waals surface area contributed by atoms with Gasteiger partial charge in [0.1, 0.15) is 0 Å². The zero-order valence-electron chi connectivity index (χ0n) is 21.4. The molecule has 1 aliphatic heterocycles. The van der Waals surface area contributed by atoms with Gasteiger partial charge >= 0.3 is 5.97 Å². The standard InChI is InChI=1S/C28H34N6O3.ClH/c1-33-12-3-13-34(15-14-33)24-10-8-19(9-11-24)27(35)32-25-17-21(28(36)37)6-7-22(25)18-31-23-5-2-4-20(16-23)26(29)30;/h2,4-11,16-17,26,31H,3,12-15,18,29-30H2,1H3,(H,32,35)(H,36,37);1H. The lowest BCUT2D eigenvalue weighted by molar-refractivity contribution is 0.0696. The SMILES string of the molecule is CN1CCCN(c2ccc(C(=O)Nc3cc(C(=O)O)ccc3CNc3cccc(C(N)N)c3)cc2)CC1.Cl. The monoisotopic (exact) mass is 538 g/mol. The minimum Gasteiger partial charge on any atom is -0.478 e. The van der Waals surface area contributed by atoms with E-state index in [0.29, 0.717) is 17.8 Å². The second-order valence-corrected chi connectivity index (χ2v) is 9.33. The molecule has 7 N–H and O–H groups in total. The van der Waals surface area contributed by atoms with Crippen LogP contribution in [-0.2, 0) is 6.54 Å². The summed E-state index contributed by atoms with van der Waals surface area (Å²) < 4.78 is 0. The first-order chi connectivity index (χ1) is 17.8. The van der Waals surface area contributed by atoms with E-state index < -0.39 is 12.1 Å². The Hall–Kier alpha value is -3.63. The number of anilines is 3. The minimum absolute atomic E-state index is 0. The number of carboxylic acids is 1. The fourth-order valence-electron chi connectivity index (χ4n) is 4.36. The van der Waals surface area contributed by atoms with Gasteiger partial charge in [0.2, 0.25) is 0 Å². The van der Waals surface area contributed by atoms with Crippen LogP contribution in [-0.4, -0.2) is 55.1 Å². The molecule has 0 saturated carbocycles. The fraction of sp³-hybridized carbons (Fsp3) is 0.286. The Labute approximate surface area is 229 Å². The van der Waals surface area contributed by atoms with Gasteiger partial charge < -0.3 is 37.0 Å². The van der Waals surface area contributed by atoms with E-state index in [4.69, 9.17) is 11.5 Å². The highest BCUT2D eigenvalue weighted by molar-refractivity contribution is 6.05. The lowest BCUT2D eigenvalue weighted by Gasteiger charge is -2.23. The molecule has 0 aliphatic carbocycles. The normalized spacial score (nSPS) is 13.9. The molecule has 0 aromatic heterocycles. The largest absolute Gasteiger partial charge is 0.478 e. The van der Waals surface area contributed by atoms with Gasteiger partial charge in [-0.05, 0) is 79.7 Å². The maximum absolute atomic E-state index is 13.1. The third-order valence-corrected chi connectivity index (χ3v) is 6.57. The molecule has 0 radical (unpaired) electrons. The summed E-state index contributed by atoms with van der Waals surface area (Å²) in [5.74, 6) is -1.37. The van der Waals surface area contributed by atoms with Crippen LogP contribution in [0.5, 0.6) is 0 Å². The van der Waals surface area contributed by atoms with Crippen molar-refractivity contribution in [3.8, 4) is 0 Å². The van der Waals surface area contributed by atoms with Crippen LogP contribution in [0.1, 0.15) is 44.4 Å². The van der Waals surface area contributed by atoms with Gasteiger partial charge in [-0.1, -0.05) is 18.2 Å². The molecule has 1 amide bonds. The molecular weight excluding hydrogens is 504 g/mol. The summed E-state index contributed by atoms with van der Waals surface area (Å²) in [5, 5.41) is 15.7. The van der Waals surface area contributed by atoms with Crippen molar-refractivity contribution in [3.05, 3.63) is 89.0 Å². The first-order valence-electron chi connectivity index (χ1n) is 12.4. The van der Waals surface area contributed by atoms with Crippen LogP contribution < -0.4 is 27.0 Å². The van der Waals surface area contributed by atoms with Crippen LogP contribution in [0.4, 0.5) is 17.1 Å². The predicted octanol–water partition coefficient (Wildman–Crippen LogP) is 3.73. The highest BCUT2D eigenvalue weighted by atomic mass is 35.5. The van der Waals surface area contributed by atoms with Crippen LogP contribution in [0.3, 0.4) is 0 Å². The Morgan fingerprint density at radius 3 is 2.39 bits per heavy atom. The number of nitrogens with two attached hydrogens (primary N) is 2. The Morgan fingerprint density at radius 2 is 1.68 bits per heavy atom. The molecule has 3 aromatic rings. The number of amides is 1. The first kappa shape index (κ1) is 28.9. The molecule has 1 aliphatic rings. The summed E-state index contributed by atoms with van der Waals surface area (Å²) in [5.41, 5.74) is 16.0. The van der Waals surface area contributed by atoms with Gasteiger partial charge in [0.15, 0.2) is 0 Å². The van der Waals surface area contributed by atoms with Gasteiger partial charge in [-0.3, -0.25) is 4.79 Å². The summed E-state index contributed by atoms with van der Waals surface area (Å²) in [6.45, 7) is 4.37. The summed E-state index contributed by atoms with van der Waals surface area (Å²) in [4.78, 5) is 29.3. The Morgan fingerprint density at radius 1 is 0.947 bits per heavy atom. The van der Waals surface area contributed by atoms with E-state index in [9.17, 15) is 14.7 Å². The van der Waals surface area contributed by atoms with Gasteiger partial charge in [-0.15, -0.1) is 12.4 Å². The molecule has 1 heterocycles. The average Bonchev–Trinajstić information content (AvgIpc) is 3.12. The van der Waals surface area contributed by atoms with Crippen LogP contribution in [0.2, 0.25) is 0 Å². The number of hydrogen-bond acceptors (Lipinski definition) is 7. The Balaban J connectivity index is 0.00000400. The number of nitrogens with zero attached hydrogens (tertiary/aromatic N) is 2. The number of carbonyl (C=O) groups is 2. The maximum Gasteiger partial charge on any atom is 0.335 e. The minimum atomic E-state index is -1.06. The van der Waals surface area contributed by atoms with Crippen molar-refractivity contribution in [2.24, 2.45) is 11.5 Å². The van der Waals surface area contributed by atoms with E-state index in [0.717, 1.165) is 55.1 Å². The molecule has 9 nitrogen and oxygen atoms in total. The zero-order chi connectivity index (χ0) is 26.4. The van der Waals surface area contributed by atoms with Crippen molar-refractivity contribution >= 4 is 41.3 Å². The van der Waals surface area contributed by atoms with Gasteiger partial charge in [0.25, 0.3) is 5.91 Å². The van der Waals surface area contributed by atoms with E-state index in [-0.39, 0.29) is 23.9 Å². The summed E-state index contributed by atoms with van der Waals surface area (Å²) in [6.07, 6.45) is 0.511. The molecule has 202 valence electrons. The number of benzene rings is 3. The number of nitrogens with one attached hydrogen (secondary N) is 2. The van der Waals surface area contributed by atoms with Crippen molar-refractivity contribution in [2.45, 2.75) is 19.1 Å². The summed E-state index contributed by atoms with van der Waals surface area (Å²) in [7, 11) is 2.13. The number of halogens is 1. The first-order valence-corrected chi connectivity index (χ1v) is 12.4. The number of likely N-dealkylation sites (N-methyl/N-ethyl adjacent to an activating group) is 1. The van der Waals surface area contributed by atoms with Gasteiger partial charge in [0.05, 0.1) is 11.7 Å². The third-order valence-electron chi connectivity index (χ3n) is 6.57. The quantitative estimate of drug-likeness (QED) is 0.274. The number of rotatable bonds is 8. The highest BCUT2D eigenvalue weighted by Gasteiger charge is 2.15. The van der Waals surface area contributed by atoms with Crippen molar-refractivity contribution < 1.29 is 14.7 Å². The van der Waals surface area contributed by atoms with E-state index >= 15 is 0 Å². The van der Waals surface area contributed by atoms with Crippen LogP contribution in [0.25, 0.3) is 0 Å². The second-order valence-electron chi connectivity index (χ2n) is 9.33. The van der Waals surface area contributed by atoms with E-state index in [1.165, 1.54) is 12.1 Å². The fourth-order valence-corrected chi connectivity index (χ4v) is 4.36. The lowest BCUT2D eigenvalue weighted by atomic mass is 10.1. The van der Waals surface area contributed by atoms with Crippen molar-refractivity contribution in [2.75, 3.05) is 48.8 Å². The number of aromatic carboxylic acids is 1. The van der Waals surface area contributed by atoms with Gasteiger partial charge in [0, 0.05) is 48.8 Å². The molecule has 0 bridgehead atoms. The molecule has 0 atom stereocenters. The predicted molar refractivity (Wildman–Crippen MR) is 154 cm³/mol. The van der Waals surface area contributed by atoms with Crippen molar-refractivity contribution in [3.63, 3.8) is 0 Å². The maximum atomic E-state index is 13.1.